The standard InChI is InChI=1S/C14H16FNO4/c15-12-4-2-1-3-10(12)7-13(17)16-5-6-20-9-11(16)8-14(18)19/h1-4,11H,5-9H2,(H,18,19). The highest BCUT2D eigenvalue weighted by Crippen LogP contribution is 2.15. The Morgan fingerprint density at radius 1 is 1.40 bits per heavy atom. The molecule has 1 aliphatic heterocycles. The Morgan fingerprint density at radius 2 is 2.15 bits per heavy atom. The van der Waals surface area contributed by atoms with Gasteiger partial charge in [0.1, 0.15) is 5.82 Å². The van der Waals surface area contributed by atoms with E-state index in [0.717, 1.165) is 0 Å². The van der Waals surface area contributed by atoms with Crippen molar-refractivity contribution in [1.82, 2.24) is 4.90 Å². The molecule has 108 valence electrons. The molecule has 6 heteroatoms. The molecule has 2 rings (SSSR count). The normalized spacial score (nSPS) is 18.9. The minimum Gasteiger partial charge on any atom is -0.481 e. The molecule has 20 heavy (non-hydrogen) atoms. The Kier molecular flexibility index (Phi) is 4.68. The number of hydrogen-bond acceptors (Lipinski definition) is 3. The maximum Gasteiger partial charge on any atom is 0.305 e. The van der Waals surface area contributed by atoms with Gasteiger partial charge in [-0.2, -0.15) is 0 Å². The molecule has 0 radical (unpaired) electrons. The van der Waals surface area contributed by atoms with Gasteiger partial charge in [-0.05, 0) is 11.6 Å². The van der Waals surface area contributed by atoms with Gasteiger partial charge in [0.15, 0.2) is 0 Å². The fourth-order valence-electron chi connectivity index (χ4n) is 2.26. The molecule has 1 aromatic rings. The number of morpholine rings is 1. The Balaban J connectivity index is 2.06. The maximum absolute atomic E-state index is 13.5. The predicted octanol–water partition coefficient (Wildman–Crippen LogP) is 1.07. The van der Waals surface area contributed by atoms with Gasteiger partial charge >= 0.3 is 5.97 Å². The molecular formula is C14H16FNO4. The summed E-state index contributed by atoms with van der Waals surface area (Å²) >= 11 is 0. The summed E-state index contributed by atoms with van der Waals surface area (Å²) in [5.74, 6) is -1.68. The monoisotopic (exact) mass is 281 g/mol. The van der Waals surface area contributed by atoms with Crippen molar-refractivity contribution in [3.63, 3.8) is 0 Å². The molecule has 1 amide bonds. The molecule has 1 aromatic carbocycles. The molecule has 0 aliphatic carbocycles. The number of carbonyl (C=O) groups is 2. The van der Waals surface area contributed by atoms with E-state index in [1.165, 1.54) is 11.0 Å². The second kappa shape index (κ2) is 6.47. The number of hydrogen-bond donors (Lipinski definition) is 1. The van der Waals surface area contributed by atoms with Crippen molar-refractivity contribution in [1.29, 1.82) is 0 Å². The highest BCUT2D eigenvalue weighted by Gasteiger charge is 2.29. The summed E-state index contributed by atoms with van der Waals surface area (Å²) in [7, 11) is 0. The summed E-state index contributed by atoms with van der Waals surface area (Å²) in [5.41, 5.74) is 0.318. The van der Waals surface area contributed by atoms with Crippen molar-refractivity contribution < 1.29 is 23.8 Å². The van der Waals surface area contributed by atoms with E-state index < -0.39 is 17.8 Å². The van der Waals surface area contributed by atoms with Crippen molar-refractivity contribution in [2.24, 2.45) is 0 Å². The Hall–Kier alpha value is -1.95. The van der Waals surface area contributed by atoms with E-state index in [1.807, 2.05) is 0 Å². The van der Waals surface area contributed by atoms with Crippen LogP contribution in [-0.4, -0.2) is 47.7 Å². The van der Waals surface area contributed by atoms with E-state index in [0.29, 0.717) is 18.7 Å². The number of nitrogens with zero attached hydrogens (tertiary/aromatic N) is 1. The highest BCUT2D eigenvalue weighted by molar-refractivity contribution is 5.80. The molecule has 0 saturated carbocycles. The molecule has 0 spiro atoms. The van der Waals surface area contributed by atoms with E-state index >= 15 is 0 Å². The molecule has 1 N–H and O–H groups in total. The van der Waals surface area contributed by atoms with Gasteiger partial charge in [0, 0.05) is 6.54 Å². The number of ether oxygens (including phenoxy) is 1. The van der Waals surface area contributed by atoms with Crippen molar-refractivity contribution in [3.05, 3.63) is 35.6 Å². The largest absolute Gasteiger partial charge is 0.481 e. The van der Waals surface area contributed by atoms with Crippen LogP contribution in [0.4, 0.5) is 4.39 Å². The van der Waals surface area contributed by atoms with Gasteiger partial charge in [0.2, 0.25) is 5.91 Å². The second-order valence-corrected chi connectivity index (χ2v) is 4.68. The lowest BCUT2D eigenvalue weighted by atomic mass is 10.1. The molecule has 0 aromatic heterocycles. The number of benzene rings is 1. The SMILES string of the molecule is O=C(O)CC1COCCN1C(=O)Cc1ccccc1F. The number of carboxylic acids is 1. The smallest absolute Gasteiger partial charge is 0.305 e. The van der Waals surface area contributed by atoms with E-state index in [9.17, 15) is 14.0 Å². The van der Waals surface area contributed by atoms with E-state index in [1.54, 1.807) is 18.2 Å². The molecule has 1 saturated heterocycles. The van der Waals surface area contributed by atoms with Gasteiger partial charge < -0.3 is 14.7 Å². The summed E-state index contributed by atoms with van der Waals surface area (Å²) in [6.07, 6.45) is -0.230. The zero-order valence-electron chi connectivity index (χ0n) is 10.9. The Labute approximate surface area is 116 Å². The van der Waals surface area contributed by atoms with Gasteiger partial charge in [-0.1, -0.05) is 18.2 Å². The van der Waals surface area contributed by atoms with Crippen LogP contribution in [0.5, 0.6) is 0 Å². The lowest BCUT2D eigenvalue weighted by Crippen LogP contribution is -2.50. The summed E-state index contributed by atoms with van der Waals surface area (Å²) in [4.78, 5) is 24.5. The molecule has 1 aliphatic rings. The molecule has 0 bridgehead atoms. The van der Waals surface area contributed by atoms with Gasteiger partial charge in [0.25, 0.3) is 0 Å². The topological polar surface area (TPSA) is 66.8 Å². The number of carbonyl (C=O) groups excluding carboxylic acids is 1. The molecule has 1 fully saturated rings. The van der Waals surface area contributed by atoms with Crippen LogP contribution in [0.15, 0.2) is 24.3 Å². The minimum atomic E-state index is -0.982. The number of amides is 1. The first kappa shape index (κ1) is 14.5. The molecule has 1 atom stereocenters. The van der Waals surface area contributed by atoms with Crippen molar-refractivity contribution in [3.8, 4) is 0 Å². The van der Waals surface area contributed by atoms with Gasteiger partial charge in [-0.15, -0.1) is 0 Å². The second-order valence-electron chi connectivity index (χ2n) is 4.68. The molecule has 1 heterocycles. The first-order valence-electron chi connectivity index (χ1n) is 6.40. The van der Waals surface area contributed by atoms with Crippen LogP contribution in [0.1, 0.15) is 12.0 Å². The van der Waals surface area contributed by atoms with E-state index in [2.05, 4.69) is 0 Å². The van der Waals surface area contributed by atoms with Crippen LogP contribution in [0.25, 0.3) is 0 Å². The van der Waals surface area contributed by atoms with Crippen molar-refractivity contribution in [2.45, 2.75) is 18.9 Å². The highest BCUT2D eigenvalue weighted by atomic mass is 19.1. The molecule has 1 unspecified atom stereocenters. The third-order valence-electron chi connectivity index (χ3n) is 3.26. The minimum absolute atomic E-state index is 0.0667. The molecule has 5 nitrogen and oxygen atoms in total. The number of aliphatic carboxylic acids is 1. The van der Waals surface area contributed by atoms with Gasteiger partial charge in [-0.3, -0.25) is 9.59 Å². The Morgan fingerprint density at radius 3 is 2.85 bits per heavy atom. The quantitative estimate of drug-likeness (QED) is 0.896. The van der Waals surface area contributed by atoms with Crippen molar-refractivity contribution in [2.75, 3.05) is 19.8 Å². The van der Waals surface area contributed by atoms with Crippen LogP contribution in [0.3, 0.4) is 0 Å². The summed E-state index contributed by atoms with van der Waals surface area (Å²) in [5, 5.41) is 8.85. The van der Waals surface area contributed by atoms with E-state index in [4.69, 9.17) is 9.84 Å². The van der Waals surface area contributed by atoms with Crippen LogP contribution in [0, 0.1) is 5.82 Å². The maximum atomic E-state index is 13.5. The zero-order valence-corrected chi connectivity index (χ0v) is 10.9. The Bertz CT molecular complexity index is 506. The fraction of sp³-hybridized carbons (Fsp3) is 0.429. The summed E-state index contributed by atoms with van der Waals surface area (Å²) in [6, 6.07) is 5.60. The zero-order chi connectivity index (χ0) is 14.5. The average Bonchev–Trinajstić information content (AvgIpc) is 2.41. The van der Waals surface area contributed by atoms with E-state index in [-0.39, 0.29) is 25.4 Å². The number of rotatable bonds is 4. The van der Waals surface area contributed by atoms with Crippen molar-refractivity contribution >= 4 is 11.9 Å². The third-order valence-corrected chi connectivity index (χ3v) is 3.26. The van der Waals surface area contributed by atoms with Gasteiger partial charge in [0.05, 0.1) is 32.1 Å². The third kappa shape index (κ3) is 3.54. The van der Waals surface area contributed by atoms with Crippen LogP contribution in [-0.2, 0) is 20.7 Å². The van der Waals surface area contributed by atoms with Crippen LogP contribution < -0.4 is 0 Å². The average molecular weight is 281 g/mol. The summed E-state index contributed by atoms with van der Waals surface area (Å²) < 4.78 is 18.7. The first-order chi connectivity index (χ1) is 9.58. The molecular weight excluding hydrogens is 265 g/mol. The van der Waals surface area contributed by atoms with Crippen LogP contribution >= 0.6 is 0 Å². The predicted molar refractivity (Wildman–Crippen MR) is 68.7 cm³/mol. The van der Waals surface area contributed by atoms with Gasteiger partial charge in [-0.25, -0.2) is 4.39 Å². The van der Waals surface area contributed by atoms with Crippen LogP contribution in [0.2, 0.25) is 0 Å². The lowest BCUT2D eigenvalue weighted by Gasteiger charge is -2.35. The number of carboxylic acid groups (broad SMARTS) is 1. The lowest BCUT2D eigenvalue weighted by molar-refractivity contribution is -0.145. The fourth-order valence-corrected chi connectivity index (χ4v) is 2.26. The summed E-state index contributed by atoms with van der Waals surface area (Å²) in [6.45, 7) is 0.916. The first-order valence-corrected chi connectivity index (χ1v) is 6.40. The number of halogens is 1.